The molecule has 0 aromatic rings. The molecule has 0 aliphatic rings. The average Bonchev–Trinajstić information content (AvgIpc) is 2.10. The first-order chi connectivity index (χ1) is 5.81. The molecule has 0 heteroatoms. The van der Waals surface area contributed by atoms with Crippen molar-refractivity contribution in [3.63, 3.8) is 0 Å². The van der Waals surface area contributed by atoms with Crippen LogP contribution in [0.25, 0.3) is 0 Å². The number of hydrogen-bond acceptors (Lipinski definition) is 0. The Morgan fingerprint density at radius 1 is 1.17 bits per heavy atom. The van der Waals surface area contributed by atoms with Gasteiger partial charge in [-0.05, 0) is 33.1 Å². The second-order valence-electron chi connectivity index (χ2n) is 3.29. The Bertz CT molecular complexity index is 140. The molecule has 0 bridgehead atoms. The molecule has 0 rings (SSSR count). The molecule has 0 radical (unpaired) electrons. The van der Waals surface area contributed by atoms with E-state index in [0.29, 0.717) is 0 Å². The van der Waals surface area contributed by atoms with Gasteiger partial charge in [0.05, 0.1) is 0 Å². The Kier molecular flexibility index (Phi) is 8.20. The Morgan fingerprint density at radius 2 is 1.83 bits per heavy atom. The minimum absolute atomic E-state index is 1.21. The minimum atomic E-state index is 1.21. The van der Waals surface area contributed by atoms with Crippen LogP contribution in [0.5, 0.6) is 0 Å². The van der Waals surface area contributed by atoms with Gasteiger partial charge in [0.15, 0.2) is 0 Å². The summed E-state index contributed by atoms with van der Waals surface area (Å²) in [5.74, 6) is 0. The van der Waals surface area contributed by atoms with Gasteiger partial charge in [0, 0.05) is 0 Å². The minimum Gasteiger partial charge on any atom is -0.0887 e. The van der Waals surface area contributed by atoms with Gasteiger partial charge in [-0.25, -0.2) is 0 Å². The highest BCUT2D eigenvalue weighted by Gasteiger charge is 1.84. The van der Waals surface area contributed by atoms with Gasteiger partial charge < -0.3 is 0 Å². The first-order valence-electron chi connectivity index (χ1n) is 5.08. The molecule has 0 saturated carbocycles. The summed E-state index contributed by atoms with van der Waals surface area (Å²) in [4.78, 5) is 0. The Labute approximate surface area is 77.4 Å². The predicted molar refractivity (Wildman–Crippen MR) is 57.3 cm³/mol. The number of hydrogen-bond donors (Lipinski definition) is 0. The molecular weight excluding hydrogens is 144 g/mol. The van der Waals surface area contributed by atoms with Crippen LogP contribution in [-0.4, -0.2) is 0 Å². The molecule has 70 valence electrons. The van der Waals surface area contributed by atoms with Gasteiger partial charge in [-0.15, -0.1) is 0 Å². The van der Waals surface area contributed by atoms with Crippen LogP contribution < -0.4 is 0 Å². The van der Waals surface area contributed by atoms with Crippen molar-refractivity contribution in [1.82, 2.24) is 0 Å². The molecule has 0 unspecified atom stereocenters. The molecule has 0 spiro atoms. The summed E-state index contributed by atoms with van der Waals surface area (Å²) in [5, 5.41) is 0. The highest BCUT2D eigenvalue weighted by Crippen LogP contribution is 2.04. The maximum atomic E-state index is 2.31. The first-order valence-corrected chi connectivity index (χ1v) is 5.08. The molecule has 0 N–H and O–H groups in total. The summed E-state index contributed by atoms with van der Waals surface area (Å²) in [6.45, 7) is 6.54. The molecule has 0 fully saturated rings. The van der Waals surface area contributed by atoms with Crippen molar-refractivity contribution in [2.75, 3.05) is 0 Å². The third-order valence-corrected chi connectivity index (χ3v) is 2.09. The fourth-order valence-electron chi connectivity index (χ4n) is 1.01. The van der Waals surface area contributed by atoms with Crippen LogP contribution in [0.1, 0.15) is 52.9 Å². The van der Waals surface area contributed by atoms with Crippen molar-refractivity contribution in [1.29, 1.82) is 0 Å². The zero-order valence-corrected chi connectivity index (χ0v) is 8.77. The first kappa shape index (κ1) is 11.5. The van der Waals surface area contributed by atoms with Crippen LogP contribution in [0.2, 0.25) is 0 Å². The third kappa shape index (κ3) is 7.59. The van der Waals surface area contributed by atoms with Crippen LogP contribution in [-0.2, 0) is 0 Å². The van der Waals surface area contributed by atoms with Crippen molar-refractivity contribution in [2.45, 2.75) is 52.9 Å². The molecule has 12 heavy (non-hydrogen) atoms. The topological polar surface area (TPSA) is 0 Å². The second-order valence-corrected chi connectivity index (χ2v) is 3.29. The van der Waals surface area contributed by atoms with Crippen LogP contribution >= 0.6 is 0 Å². The maximum Gasteiger partial charge on any atom is -0.0288 e. The van der Waals surface area contributed by atoms with Gasteiger partial charge in [0.25, 0.3) is 0 Å². The van der Waals surface area contributed by atoms with E-state index in [1.54, 1.807) is 0 Å². The molecule has 0 aliphatic heterocycles. The smallest absolute Gasteiger partial charge is 0.0288 e. The van der Waals surface area contributed by atoms with E-state index in [9.17, 15) is 0 Å². The van der Waals surface area contributed by atoms with E-state index in [1.807, 2.05) is 0 Å². The molecule has 0 aromatic carbocycles. The lowest BCUT2D eigenvalue weighted by Crippen LogP contribution is -1.74. The normalized spacial score (nSPS) is 12.8. The number of allylic oxidation sites excluding steroid dienone is 4. The fraction of sp³-hybridized carbons (Fsp3) is 0.667. The van der Waals surface area contributed by atoms with E-state index in [1.165, 1.54) is 37.7 Å². The van der Waals surface area contributed by atoms with Gasteiger partial charge in [-0.3, -0.25) is 0 Å². The van der Waals surface area contributed by atoms with Crippen LogP contribution in [0.4, 0.5) is 0 Å². The summed E-state index contributed by atoms with van der Waals surface area (Å²) < 4.78 is 0. The quantitative estimate of drug-likeness (QED) is 0.403. The van der Waals surface area contributed by atoms with Crippen LogP contribution in [0.15, 0.2) is 23.8 Å². The van der Waals surface area contributed by atoms with E-state index in [0.717, 1.165) is 0 Å². The largest absolute Gasteiger partial charge is 0.0887 e. The molecular formula is C12H22. The van der Waals surface area contributed by atoms with Gasteiger partial charge in [0.1, 0.15) is 0 Å². The van der Waals surface area contributed by atoms with Crippen molar-refractivity contribution in [3.8, 4) is 0 Å². The Hall–Kier alpha value is -0.520. The van der Waals surface area contributed by atoms with E-state index < -0.39 is 0 Å². The number of rotatable bonds is 6. The fourth-order valence-corrected chi connectivity index (χ4v) is 1.01. The second kappa shape index (κ2) is 8.58. The van der Waals surface area contributed by atoms with Crippen molar-refractivity contribution < 1.29 is 0 Å². The standard InChI is InChI=1S/C12H22/c1-4-6-7-8-9-10-11-12(3)5-2/h5,8-9H,4,6-7,10-11H2,1-3H3. The molecule has 0 amide bonds. The summed E-state index contributed by atoms with van der Waals surface area (Å²) in [7, 11) is 0. The molecule has 0 nitrogen and oxygen atoms in total. The lowest BCUT2D eigenvalue weighted by atomic mass is 10.1. The summed E-state index contributed by atoms with van der Waals surface area (Å²) in [6.07, 6.45) is 13.1. The predicted octanol–water partition coefficient (Wildman–Crippen LogP) is 4.48. The van der Waals surface area contributed by atoms with E-state index in [-0.39, 0.29) is 0 Å². The van der Waals surface area contributed by atoms with Gasteiger partial charge in [-0.1, -0.05) is 43.6 Å². The van der Waals surface area contributed by atoms with Crippen molar-refractivity contribution in [2.24, 2.45) is 0 Å². The lowest BCUT2D eigenvalue weighted by molar-refractivity contribution is 0.810. The van der Waals surface area contributed by atoms with E-state index in [2.05, 4.69) is 39.0 Å². The molecule has 0 aromatic heterocycles. The molecule has 0 atom stereocenters. The molecule has 0 heterocycles. The highest BCUT2D eigenvalue weighted by atomic mass is 13.9. The SMILES string of the molecule is CC=C(C)CCC=CCCCC. The van der Waals surface area contributed by atoms with E-state index >= 15 is 0 Å². The van der Waals surface area contributed by atoms with Crippen molar-refractivity contribution >= 4 is 0 Å². The third-order valence-electron chi connectivity index (χ3n) is 2.09. The monoisotopic (exact) mass is 166 g/mol. The van der Waals surface area contributed by atoms with Gasteiger partial charge in [-0.2, -0.15) is 0 Å². The zero-order chi connectivity index (χ0) is 9.23. The van der Waals surface area contributed by atoms with Crippen LogP contribution in [0.3, 0.4) is 0 Å². The van der Waals surface area contributed by atoms with E-state index in [4.69, 9.17) is 0 Å². The Balaban J connectivity index is 3.24. The maximum absolute atomic E-state index is 2.31. The van der Waals surface area contributed by atoms with Crippen LogP contribution in [0, 0.1) is 0 Å². The van der Waals surface area contributed by atoms with Gasteiger partial charge >= 0.3 is 0 Å². The number of unbranched alkanes of at least 4 members (excludes halogenated alkanes) is 2. The highest BCUT2D eigenvalue weighted by molar-refractivity contribution is 4.97. The zero-order valence-electron chi connectivity index (χ0n) is 8.77. The Morgan fingerprint density at radius 3 is 2.42 bits per heavy atom. The van der Waals surface area contributed by atoms with Gasteiger partial charge in [0.2, 0.25) is 0 Å². The van der Waals surface area contributed by atoms with Crippen molar-refractivity contribution in [3.05, 3.63) is 23.8 Å². The molecule has 0 aliphatic carbocycles. The summed E-state index contributed by atoms with van der Waals surface area (Å²) in [5.41, 5.74) is 1.50. The average molecular weight is 166 g/mol. The molecule has 0 saturated heterocycles. The summed E-state index contributed by atoms with van der Waals surface area (Å²) >= 11 is 0. The lowest BCUT2D eigenvalue weighted by Gasteiger charge is -1.94. The summed E-state index contributed by atoms with van der Waals surface area (Å²) in [6, 6.07) is 0.